The molecular formula is C17H21N3. The predicted octanol–water partition coefficient (Wildman–Crippen LogP) is 2.96. The van der Waals surface area contributed by atoms with Crippen LogP contribution in [-0.2, 0) is 0 Å². The summed E-state index contributed by atoms with van der Waals surface area (Å²) in [5, 5.41) is 0. The van der Waals surface area contributed by atoms with Gasteiger partial charge in [-0.3, -0.25) is 9.88 Å². The minimum atomic E-state index is 0.446. The molecule has 3 rings (SSSR count). The second-order valence-electron chi connectivity index (χ2n) is 5.32. The molecule has 2 heterocycles. The fourth-order valence-corrected chi connectivity index (χ4v) is 2.84. The minimum absolute atomic E-state index is 0.446. The van der Waals surface area contributed by atoms with Gasteiger partial charge < -0.3 is 4.90 Å². The molecule has 1 atom stereocenters. The third-order valence-corrected chi connectivity index (χ3v) is 4.15. The van der Waals surface area contributed by atoms with Gasteiger partial charge in [0, 0.05) is 50.3 Å². The monoisotopic (exact) mass is 267 g/mol. The zero-order valence-corrected chi connectivity index (χ0v) is 11.9. The molecule has 1 saturated heterocycles. The maximum atomic E-state index is 4.23. The van der Waals surface area contributed by atoms with E-state index in [0.717, 1.165) is 26.2 Å². The van der Waals surface area contributed by atoms with Crippen molar-refractivity contribution < 1.29 is 0 Å². The smallest absolute Gasteiger partial charge is 0.0367 e. The highest BCUT2D eigenvalue weighted by Gasteiger charge is 2.22. The fourth-order valence-electron chi connectivity index (χ4n) is 2.84. The molecule has 3 heteroatoms. The Morgan fingerprint density at radius 1 is 0.950 bits per heavy atom. The Balaban J connectivity index is 1.61. The first-order valence-electron chi connectivity index (χ1n) is 7.28. The Hall–Kier alpha value is -1.87. The number of pyridine rings is 1. The Morgan fingerprint density at radius 2 is 1.70 bits per heavy atom. The zero-order chi connectivity index (χ0) is 13.8. The fraction of sp³-hybridized carbons (Fsp3) is 0.353. The number of aromatic nitrogens is 1. The van der Waals surface area contributed by atoms with Gasteiger partial charge in [-0.15, -0.1) is 0 Å². The number of benzene rings is 1. The molecule has 0 spiro atoms. The Morgan fingerprint density at radius 3 is 2.35 bits per heavy atom. The summed E-state index contributed by atoms with van der Waals surface area (Å²) in [7, 11) is 0. The van der Waals surface area contributed by atoms with Gasteiger partial charge in [-0.25, -0.2) is 0 Å². The highest BCUT2D eigenvalue weighted by Crippen LogP contribution is 2.22. The number of piperazine rings is 1. The van der Waals surface area contributed by atoms with Crippen molar-refractivity contribution in [3.05, 3.63) is 60.4 Å². The summed E-state index contributed by atoms with van der Waals surface area (Å²) in [6.45, 7) is 6.66. The molecule has 3 nitrogen and oxygen atoms in total. The van der Waals surface area contributed by atoms with Crippen molar-refractivity contribution in [2.24, 2.45) is 0 Å². The van der Waals surface area contributed by atoms with Crippen LogP contribution in [0.3, 0.4) is 0 Å². The molecular weight excluding hydrogens is 246 g/mol. The molecule has 0 N–H and O–H groups in total. The van der Waals surface area contributed by atoms with Crippen molar-refractivity contribution in [2.45, 2.75) is 13.0 Å². The van der Waals surface area contributed by atoms with Gasteiger partial charge in [-0.2, -0.15) is 0 Å². The predicted molar refractivity (Wildman–Crippen MR) is 82.9 cm³/mol. The highest BCUT2D eigenvalue weighted by atomic mass is 15.3. The van der Waals surface area contributed by atoms with Crippen LogP contribution in [0.25, 0.3) is 0 Å². The van der Waals surface area contributed by atoms with Gasteiger partial charge in [0.1, 0.15) is 0 Å². The van der Waals surface area contributed by atoms with Crippen LogP contribution in [0.1, 0.15) is 18.5 Å². The van der Waals surface area contributed by atoms with Gasteiger partial charge >= 0.3 is 0 Å². The second kappa shape index (κ2) is 6.06. The Bertz CT molecular complexity index is 518. The van der Waals surface area contributed by atoms with E-state index in [0.29, 0.717) is 6.04 Å². The van der Waals surface area contributed by atoms with Crippen LogP contribution in [0.4, 0.5) is 5.69 Å². The lowest BCUT2D eigenvalue weighted by molar-refractivity contribution is 0.198. The number of nitrogens with zero attached hydrogens (tertiary/aromatic N) is 3. The van der Waals surface area contributed by atoms with E-state index in [1.165, 1.54) is 11.3 Å². The summed E-state index contributed by atoms with van der Waals surface area (Å²) < 4.78 is 0. The number of anilines is 1. The van der Waals surface area contributed by atoms with E-state index < -0.39 is 0 Å². The van der Waals surface area contributed by atoms with Gasteiger partial charge in [-0.05, 0) is 30.7 Å². The van der Waals surface area contributed by atoms with Crippen molar-refractivity contribution in [1.82, 2.24) is 9.88 Å². The van der Waals surface area contributed by atoms with E-state index in [9.17, 15) is 0 Å². The Labute approximate surface area is 120 Å². The molecule has 1 aromatic carbocycles. The standard InChI is InChI=1S/C17H21N3/c1-15(16-6-5-9-18-14-16)19-10-12-20(13-11-19)17-7-3-2-4-8-17/h2-9,14-15H,10-13H2,1H3. The van der Waals surface area contributed by atoms with Gasteiger partial charge in [0.05, 0.1) is 0 Å². The third-order valence-electron chi connectivity index (χ3n) is 4.15. The lowest BCUT2D eigenvalue weighted by Crippen LogP contribution is -2.47. The quantitative estimate of drug-likeness (QED) is 0.852. The average molecular weight is 267 g/mol. The molecule has 0 aliphatic carbocycles. The summed E-state index contributed by atoms with van der Waals surface area (Å²) in [6.07, 6.45) is 3.82. The first kappa shape index (κ1) is 13.1. The third kappa shape index (κ3) is 2.83. The lowest BCUT2D eigenvalue weighted by atomic mass is 10.1. The van der Waals surface area contributed by atoms with E-state index >= 15 is 0 Å². The molecule has 0 amide bonds. The average Bonchev–Trinajstić information content (AvgIpc) is 2.56. The SMILES string of the molecule is CC(c1cccnc1)N1CCN(c2ccccc2)CC1. The maximum Gasteiger partial charge on any atom is 0.0367 e. The first-order valence-corrected chi connectivity index (χ1v) is 7.28. The molecule has 0 saturated carbocycles. The first-order chi connectivity index (χ1) is 9.84. The van der Waals surface area contributed by atoms with Crippen molar-refractivity contribution in [2.75, 3.05) is 31.1 Å². The zero-order valence-electron chi connectivity index (χ0n) is 11.9. The summed E-state index contributed by atoms with van der Waals surface area (Å²) in [6, 6.07) is 15.3. The van der Waals surface area contributed by atoms with Crippen LogP contribution in [0, 0.1) is 0 Å². The maximum absolute atomic E-state index is 4.23. The van der Waals surface area contributed by atoms with Crippen molar-refractivity contribution in [1.29, 1.82) is 0 Å². The van der Waals surface area contributed by atoms with E-state index in [1.807, 2.05) is 18.5 Å². The molecule has 1 aliphatic heterocycles. The number of rotatable bonds is 3. The molecule has 1 aliphatic rings. The van der Waals surface area contributed by atoms with E-state index in [-0.39, 0.29) is 0 Å². The second-order valence-corrected chi connectivity index (χ2v) is 5.32. The van der Waals surface area contributed by atoms with E-state index in [1.54, 1.807) is 0 Å². The highest BCUT2D eigenvalue weighted by molar-refractivity contribution is 5.46. The summed E-state index contributed by atoms with van der Waals surface area (Å²) in [5.41, 5.74) is 2.64. The van der Waals surface area contributed by atoms with Gasteiger partial charge in [0.2, 0.25) is 0 Å². The summed E-state index contributed by atoms with van der Waals surface area (Å²) in [4.78, 5) is 9.23. The molecule has 2 aromatic rings. The normalized spacial score (nSPS) is 17.9. The molecule has 1 aromatic heterocycles. The van der Waals surface area contributed by atoms with Crippen molar-refractivity contribution in [3.63, 3.8) is 0 Å². The van der Waals surface area contributed by atoms with Crippen molar-refractivity contribution in [3.8, 4) is 0 Å². The van der Waals surface area contributed by atoms with Crippen LogP contribution in [0.2, 0.25) is 0 Å². The van der Waals surface area contributed by atoms with Gasteiger partial charge in [0.15, 0.2) is 0 Å². The van der Waals surface area contributed by atoms with Crippen LogP contribution in [0.5, 0.6) is 0 Å². The molecule has 1 unspecified atom stereocenters. The summed E-state index contributed by atoms with van der Waals surface area (Å²) in [5.74, 6) is 0. The largest absolute Gasteiger partial charge is 0.369 e. The molecule has 1 fully saturated rings. The molecule has 20 heavy (non-hydrogen) atoms. The van der Waals surface area contributed by atoms with E-state index in [2.05, 4.69) is 58.1 Å². The minimum Gasteiger partial charge on any atom is -0.369 e. The summed E-state index contributed by atoms with van der Waals surface area (Å²) >= 11 is 0. The number of hydrogen-bond acceptors (Lipinski definition) is 3. The van der Waals surface area contributed by atoms with E-state index in [4.69, 9.17) is 0 Å². The lowest BCUT2D eigenvalue weighted by Gasteiger charge is -2.39. The Kier molecular flexibility index (Phi) is 3.97. The number of hydrogen-bond donors (Lipinski definition) is 0. The number of para-hydroxylation sites is 1. The molecule has 104 valence electrons. The molecule has 0 bridgehead atoms. The topological polar surface area (TPSA) is 19.4 Å². The van der Waals surface area contributed by atoms with Crippen molar-refractivity contribution >= 4 is 5.69 Å². The van der Waals surface area contributed by atoms with Crippen LogP contribution >= 0.6 is 0 Å². The van der Waals surface area contributed by atoms with Crippen LogP contribution in [0.15, 0.2) is 54.9 Å². The van der Waals surface area contributed by atoms with Crippen LogP contribution < -0.4 is 4.90 Å². The van der Waals surface area contributed by atoms with Gasteiger partial charge in [0.25, 0.3) is 0 Å². The molecule has 0 radical (unpaired) electrons. The van der Waals surface area contributed by atoms with Gasteiger partial charge in [-0.1, -0.05) is 24.3 Å². The van der Waals surface area contributed by atoms with Crippen LogP contribution in [-0.4, -0.2) is 36.1 Å².